The number of anilines is 2. The largest absolute Gasteiger partial charge is 0.417 e. The van der Waals surface area contributed by atoms with E-state index in [-0.39, 0.29) is 11.0 Å². The highest BCUT2D eigenvalue weighted by atomic mass is 19.4. The third kappa shape index (κ3) is 5.05. The number of fused-ring (bicyclic) bond motifs is 1. The topological polar surface area (TPSA) is 15.3 Å². The van der Waals surface area contributed by atoms with Gasteiger partial charge in [0.05, 0.1) is 11.3 Å². The molecule has 2 rings (SSSR count). The Balaban J connectivity index is 2.43. The second kappa shape index (κ2) is 7.37. The van der Waals surface area contributed by atoms with Crippen LogP contribution in [0.4, 0.5) is 24.5 Å². The van der Waals surface area contributed by atoms with E-state index in [9.17, 15) is 13.2 Å². The Morgan fingerprint density at radius 2 is 1.81 bits per heavy atom. The highest BCUT2D eigenvalue weighted by Gasteiger charge is 2.39. The lowest BCUT2D eigenvalue weighted by Crippen LogP contribution is -2.34. The van der Waals surface area contributed by atoms with Crippen LogP contribution in [0.15, 0.2) is 36.6 Å². The second-order valence-electron chi connectivity index (χ2n) is 8.54. The molecule has 1 aromatic rings. The van der Waals surface area contributed by atoms with E-state index in [2.05, 4.69) is 46.5 Å². The normalized spacial score (nSPS) is 15.2. The molecular weight excluding hydrogens is 337 g/mol. The van der Waals surface area contributed by atoms with Crippen LogP contribution in [0.2, 0.25) is 0 Å². The van der Waals surface area contributed by atoms with Gasteiger partial charge in [-0.2, -0.15) is 13.2 Å². The van der Waals surface area contributed by atoms with Gasteiger partial charge in [0.15, 0.2) is 0 Å². The van der Waals surface area contributed by atoms with Gasteiger partial charge in [0.25, 0.3) is 0 Å². The minimum absolute atomic E-state index is 0.0785. The predicted molar refractivity (Wildman–Crippen MR) is 104 cm³/mol. The molecule has 0 saturated carbocycles. The highest BCUT2D eigenvalue weighted by Crippen LogP contribution is 2.45. The molecule has 2 nitrogen and oxygen atoms in total. The lowest BCUT2D eigenvalue weighted by Gasteiger charge is -2.37. The minimum Gasteiger partial charge on any atom is -0.385 e. The molecule has 1 aliphatic heterocycles. The third-order valence-electron chi connectivity index (χ3n) is 4.23. The Morgan fingerprint density at radius 3 is 2.35 bits per heavy atom. The number of alkyl halides is 3. The van der Waals surface area contributed by atoms with Gasteiger partial charge in [0.2, 0.25) is 0 Å². The summed E-state index contributed by atoms with van der Waals surface area (Å²) in [5.74, 6) is 0.567. The summed E-state index contributed by atoms with van der Waals surface area (Å²) in [6.07, 6.45) is -2.25. The highest BCUT2D eigenvalue weighted by molar-refractivity contribution is 5.88. The summed E-state index contributed by atoms with van der Waals surface area (Å²) in [6, 6.07) is 5.10. The summed E-state index contributed by atoms with van der Waals surface area (Å²) in [5, 5.41) is 3.32. The molecule has 0 aromatic heterocycles. The van der Waals surface area contributed by atoms with Crippen molar-refractivity contribution >= 4 is 16.9 Å². The molecule has 0 radical (unpaired) electrons. The number of allylic oxidation sites excluding steroid dienone is 2. The fraction of sp³-hybridized carbons (Fsp3) is 0.524. The summed E-state index contributed by atoms with van der Waals surface area (Å²) < 4.78 is 40.5. The number of rotatable bonds is 5. The SMILES string of the molecule is C=C1C=C(C(F)(F)F)c2ccc(NCCC(C)C)cc2N1CC(C)(C)C. The Labute approximate surface area is 154 Å². The average Bonchev–Trinajstić information content (AvgIpc) is 2.47. The molecule has 5 heteroatoms. The summed E-state index contributed by atoms with van der Waals surface area (Å²) >= 11 is 0. The summed E-state index contributed by atoms with van der Waals surface area (Å²) in [7, 11) is 0. The Morgan fingerprint density at radius 1 is 1.15 bits per heavy atom. The van der Waals surface area contributed by atoms with Gasteiger partial charge >= 0.3 is 6.18 Å². The molecule has 26 heavy (non-hydrogen) atoms. The molecule has 0 amide bonds. The lowest BCUT2D eigenvalue weighted by molar-refractivity contribution is -0.0690. The first-order valence-electron chi connectivity index (χ1n) is 9.02. The van der Waals surface area contributed by atoms with Crippen LogP contribution in [0.1, 0.15) is 46.6 Å². The van der Waals surface area contributed by atoms with Crippen molar-refractivity contribution < 1.29 is 13.2 Å². The van der Waals surface area contributed by atoms with Crippen LogP contribution < -0.4 is 10.2 Å². The van der Waals surface area contributed by atoms with Crippen molar-refractivity contribution in [2.24, 2.45) is 11.3 Å². The molecule has 1 heterocycles. The molecule has 0 bridgehead atoms. The number of hydrogen-bond acceptors (Lipinski definition) is 2. The first-order valence-corrected chi connectivity index (χ1v) is 9.02. The van der Waals surface area contributed by atoms with Crippen LogP contribution in [0.25, 0.3) is 5.57 Å². The van der Waals surface area contributed by atoms with Crippen molar-refractivity contribution in [3.8, 4) is 0 Å². The molecule has 1 N–H and O–H groups in total. The van der Waals surface area contributed by atoms with Gasteiger partial charge in [-0.05, 0) is 36.0 Å². The van der Waals surface area contributed by atoms with Gasteiger partial charge in [-0.3, -0.25) is 0 Å². The molecule has 0 fully saturated rings. The van der Waals surface area contributed by atoms with Crippen molar-refractivity contribution in [1.29, 1.82) is 0 Å². The minimum atomic E-state index is -4.40. The number of nitrogens with zero attached hydrogens (tertiary/aromatic N) is 1. The number of nitrogens with one attached hydrogen (secondary N) is 1. The number of benzene rings is 1. The summed E-state index contributed by atoms with van der Waals surface area (Å²) in [5.41, 5.74) is 1.28. The van der Waals surface area contributed by atoms with E-state index in [0.717, 1.165) is 24.7 Å². The molecule has 0 spiro atoms. The van der Waals surface area contributed by atoms with E-state index in [1.165, 1.54) is 0 Å². The van der Waals surface area contributed by atoms with Crippen LogP contribution >= 0.6 is 0 Å². The fourth-order valence-corrected chi connectivity index (χ4v) is 2.97. The van der Waals surface area contributed by atoms with Crippen LogP contribution in [-0.4, -0.2) is 19.3 Å². The Bertz CT molecular complexity index is 694. The molecule has 144 valence electrons. The monoisotopic (exact) mass is 366 g/mol. The third-order valence-corrected chi connectivity index (χ3v) is 4.23. The van der Waals surface area contributed by atoms with E-state index < -0.39 is 11.7 Å². The maximum atomic E-state index is 13.5. The van der Waals surface area contributed by atoms with Gasteiger partial charge in [-0.15, -0.1) is 0 Å². The zero-order valence-corrected chi connectivity index (χ0v) is 16.3. The van der Waals surface area contributed by atoms with E-state index in [0.29, 0.717) is 23.8 Å². The molecule has 0 atom stereocenters. The fourth-order valence-electron chi connectivity index (χ4n) is 2.97. The standard InChI is InChI=1S/C21H29F3N2/c1-14(2)9-10-25-16-7-8-17-18(21(22,23)24)11-15(3)26(19(17)12-16)13-20(4,5)6/h7-8,11-12,14,25H,3,9-10,13H2,1-2,4-6H3. The molecule has 0 unspecified atom stereocenters. The van der Waals surface area contributed by atoms with E-state index in [1.807, 2.05) is 11.0 Å². The number of halogens is 3. The van der Waals surface area contributed by atoms with Crippen molar-refractivity contribution in [2.75, 3.05) is 23.3 Å². The van der Waals surface area contributed by atoms with E-state index in [4.69, 9.17) is 0 Å². The van der Waals surface area contributed by atoms with E-state index in [1.54, 1.807) is 12.1 Å². The molecule has 0 aliphatic carbocycles. The Hall–Kier alpha value is -1.91. The first kappa shape index (κ1) is 20.4. The number of hydrogen-bond donors (Lipinski definition) is 1. The molecule has 1 aromatic carbocycles. The quantitative estimate of drug-likeness (QED) is 0.642. The summed E-state index contributed by atoms with van der Waals surface area (Å²) in [4.78, 5) is 1.89. The zero-order valence-electron chi connectivity index (χ0n) is 16.3. The van der Waals surface area contributed by atoms with Crippen LogP contribution in [0, 0.1) is 11.3 Å². The van der Waals surface area contributed by atoms with Crippen molar-refractivity contribution in [1.82, 2.24) is 0 Å². The van der Waals surface area contributed by atoms with Crippen LogP contribution in [-0.2, 0) is 0 Å². The Kier molecular flexibility index (Phi) is 5.79. The van der Waals surface area contributed by atoms with Crippen LogP contribution in [0.3, 0.4) is 0 Å². The maximum Gasteiger partial charge on any atom is 0.417 e. The van der Waals surface area contributed by atoms with Crippen LogP contribution in [0.5, 0.6) is 0 Å². The smallest absolute Gasteiger partial charge is 0.385 e. The molecule has 1 aliphatic rings. The zero-order chi connectivity index (χ0) is 19.7. The molecular formula is C21H29F3N2. The maximum absolute atomic E-state index is 13.5. The second-order valence-corrected chi connectivity index (χ2v) is 8.54. The lowest BCUT2D eigenvalue weighted by atomic mass is 9.91. The van der Waals surface area contributed by atoms with Crippen molar-refractivity contribution in [3.63, 3.8) is 0 Å². The molecule has 0 saturated heterocycles. The van der Waals surface area contributed by atoms with Crippen molar-refractivity contribution in [2.45, 2.75) is 47.2 Å². The van der Waals surface area contributed by atoms with Crippen molar-refractivity contribution in [3.05, 3.63) is 42.1 Å². The predicted octanol–water partition coefficient (Wildman–Crippen LogP) is 6.47. The van der Waals surface area contributed by atoms with Gasteiger partial charge in [0.1, 0.15) is 0 Å². The van der Waals surface area contributed by atoms with Gasteiger partial charge in [-0.1, -0.05) is 47.3 Å². The van der Waals surface area contributed by atoms with Gasteiger partial charge in [0, 0.05) is 30.0 Å². The summed E-state index contributed by atoms with van der Waals surface area (Å²) in [6.45, 7) is 15.7. The first-order chi connectivity index (χ1) is 11.9. The average molecular weight is 366 g/mol. The van der Waals surface area contributed by atoms with Gasteiger partial charge < -0.3 is 10.2 Å². The van der Waals surface area contributed by atoms with E-state index >= 15 is 0 Å². The van der Waals surface area contributed by atoms with Gasteiger partial charge in [-0.25, -0.2) is 0 Å².